The van der Waals surface area contributed by atoms with E-state index in [1.54, 1.807) is 20.5 Å². The summed E-state index contributed by atoms with van der Waals surface area (Å²) in [5.41, 5.74) is 3.81. The molecule has 144 valence electrons. The van der Waals surface area contributed by atoms with Crippen molar-refractivity contribution in [1.29, 1.82) is 0 Å². The molecule has 0 unspecified atom stereocenters. The van der Waals surface area contributed by atoms with Gasteiger partial charge in [0, 0.05) is 18.7 Å². The van der Waals surface area contributed by atoms with E-state index in [0.717, 1.165) is 23.3 Å². The second-order valence-electron chi connectivity index (χ2n) is 6.73. The molecule has 0 radical (unpaired) electrons. The number of benzene rings is 2. The molecular formula is C22H22N2O4. The Labute approximate surface area is 163 Å². The molecule has 1 aromatic heterocycles. The molecule has 0 fully saturated rings. The number of ether oxygens (including phenoxy) is 2. The molecule has 2 aromatic carbocycles. The standard InChI is InChI=1S/C22H22N2O4/c1-26-19-10-16-8-9-24(13-17(16)11-20(19)27-2)21(25)12-18-14-28-22(23-18)15-6-4-3-5-7-15/h3-7,10-11,14H,8-9,12-13H2,1-2H3. The highest BCUT2D eigenvalue weighted by Crippen LogP contribution is 2.33. The fraction of sp³-hybridized carbons (Fsp3) is 0.273. The third-order valence-electron chi connectivity index (χ3n) is 4.98. The molecule has 0 saturated carbocycles. The summed E-state index contributed by atoms with van der Waals surface area (Å²) in [6, 6.07) is 13.6. The zero-order valence-electron chi connectivity index (χ0n) is 16.0. The van der Waals surface area contributed by atoms with Crippen LogP contribution in [0.3, 0.4) is 0 Å². The number of hydrogen-bond donors (Lipinski definition) is 0. The van der Waals surface area contributed by atoms with Gasteiger partial charge in [-0.15, -0.1) is 0 Å². The average molecular weight is 378 g/mol. The first-order valence-corrected chi connectivity index (χ1v) is 9.19. The fourth-order valence-corrected chi connectivity index (χ4v) is 3.46. The Hall–Kier alpha value is -3.28. The number of fused-ring (bicyclic) bond motifs is 1. The zero-order chi connectivity index (χ0) is 19.5. The minimum absolute atomic E-state index is 0.0355. The Bertz CT molecular complexity index is 981. The van der Waals surface area contributed by atoms with Crippen molar-refractivity contribution in [2.45, 2.75) is 19.4 Å². The molecule has 0 bridgehead atoms. The summed E-state index contributed by atoms with van der Waals surface area (Å²) in [6.07, 6.45) is 2.57. The molecule has 0 spiro atoms. The maximum Gasteiger partial charge on any atom is 0.229 e. The van der Waals surface area contributed by atoms with Crippen molar-refractivity contribution in [2.75, 3.05) is 20.8 Å². The molecule has 1 aliphatic rings. The molecule has 1 aliphatic heterocycles. The average Bonchev–Trinajstić information content (AvgIpc) is 3.21. The maximum atomic E-state index is 12.8. The summed E-state index contributed by atoms with van der Waals surface area (Å²) in [5, 5.41) is 0. The van der Waals surface area contributed by atoms with Gasteiger partial charge in [-0.05, 0) is 41.8 Å². The quantitative estimate of drug-likeness (QED) is 0.680. The van der Waals surface area contributed by atoms with E-state index in [9.17, 15) is 4.79 Å². The van der Waals surface area contributed by atoms with Crippen molar-refractivity contribution in [1.82, 2.24) is 9.88 Å². The summed E-state index contributed by atoms with van der Waals surface area (Å²) in [5.74, 6) is 1.97. The van der Waals surface area contributed by atoms with E-state index in [4.69, 9.17) is 13.9 Å². The van der Waals surface area contributed by atoms with Gasteiger partial charge in [0.25, 0.3) is 0 Å². The Kier molecular flexibility index (Phi) is 5.02. The van der Waals surface area contributed by atoms with Gasteiger partial charge in [0.05, 0.1) is 26.3 Å². The number of carbonyl (C=O) groups is 1. The van der Waals surface area contributed by atoms with Gasteiger partial charge < -0.3 is 18.8 Å². The number of carbonyl (C=O) groups excluding carboxylic acids is 1. The van der Waals surface area contributed by atoms with Crippen molar-refractivity contribution in [3.05, 3.63) is 65.5 Å². The number of aromatic nitrogens is 1. The van der Waals surface area contributed by atoms with E-state index in [2.05, 4.69) is 4.98 Å². The van der Waals surface area contributed by atoms with E-state index in [1.807, 2.05) is 47.4 Å². The first-order chi connectivity index (χ1) is 13.7. The van der Waals surface area contributed by atoms with Crippen molar-refractivity contribution < 1.29 is 18.7 Å². The molecule has 3 aromatic rings. The first kappa shape index (κ1) is 18.1. The minimum Gasteiger partial charge on any atom is -0.493 e. The summed E-state index contributed by atoms with van der Waals surface area (Å²) in [7, 11) is 3.25. The second kappa shape index (κ2) is 7.76. The van der Waals surface area contributed by atoms with Gasteiger partial charge in [0.15, 0.2) is 11.5 Å². The highest BCUT2D eigenvalue weighted by atomic mass is 16.5. The Balaban J connectivity index is 1.46. The number of hydrogen-bond acceptors (Lipinski definition) is 5. The zero-order valence-corrected chi connectivity index (χ0v) is 16.0. The van der Waals surface area contributed by atoms with Crippen LogP contribution in [0.15, 0.2) is 53.1 Å². The Morgan fingerprint density at radius 2 is 1.82 bits per heavy atom. The molecule has 0 saturated heterocycles. The smallest absolute Gasteiger partial charge is 0.229 e. The lowest BCUT2D eigenvalue weighted by Crippen LogP contribution is -2.37. The van der Waals surface area contributed by atoms with Crippen LogP contribution in [-0.4, -0.2) is 36.6 Å². The number of amides is 1. The van der Waals surface area contributed by atoms with Crippen LogP contribution in [0.25, 0.3) is 11.5 Å². The maximum absolute atomic E-state index is 12.8. The van der Waals surface area contributed by atoms with Gasteiger partial charge in [-0.2, -0.15) is 0 Å². The third kappa shape index (κ3) is 3.58. The lowest BCUT2D eigenvalue weighted by molar-refractivity contribution is -0.131. The third-order valence-corrected chi connectivity index (χ3v) is 4.98. The predicted molar refractivity (Wildman–Crippen MR) is 104 cm³/mol. The monoisotopic (exact) mass is 378 g/mol. The molecule has 0 N–H and O–H groups in total. The summed E-state index contributed by atoms with van der Waals surface area (Å²) in [6.45, 7) is 1.22. The van der Waals surface area contributed by atoms with Crippen LogP contribution < -0.4 is 9.47 Å². The van der Waals surface area contributed by atoms with Crippen molar-refractivity contribution >= 4 is 5.91 Å². The number of nitrogens with zero attached hydrogens (tertiary/aromatic N) is 2. The van der Waals surface area contributed by atoms with Gasteiger partial charge in [-0.3, -0.25) is 4.79 Å². The van der Waals surface area contributed by atoms with Crippen LogP contribution in [0.5, 0.6) is 11.5 Å². The molecule has 0 atom stereocenters. The Morgan fingerprint density at radius 1 is 1.11 bits per heavy atom. The minimum atomic E-state index is 0.0355. The molecule has 4 rings (SSSR count). The van der Waals surface area contributed by atoms with Crippen molar-refractivity contribution in [3.63, 3.8) is 0 Å². The molecule has 6 nitrogen and oxygen atoms in total. The normalized spacial score (nSPS) is 13.1. The molecular weight excluding hydrogens is 356 g/mol. The van der Waals surface area contributed by atoms with Crippen molar-refractivity contribution in [3.8, 4) is 23.0 Å². The van der Waals surface area contributed by atoms with Gasteiger partial charge in [0.1, 0.15) is 6.26 Å². The Morgan fingerprint density at radius 3 is 2.54 bits per heavy atom. The van der Waals surface area contributed by atoms with Crippen LogP contribution in [0.2, 0.25) is 0 Å². The highest BCUT2D eigenvalue weighted by Gasteiger charge is 2.23. The van der Waals surface area contributed by atoms with Gasteiger partial charge >= 0.3 is 0 Å². The predicted octanol–water partition coefficient (Wildman–Crippen LogP) is 3.49. The van der Waals surface area contributed by atoms with Crippen molar-refractivity contribution in [2.24, 2.45) is 0 Å². The van der Waals surface area contributed by atoms with Gasteiger partial charge in [-0.25, -0.2) is 4.98 Å². The number of rotatable bonds is 5. The van der Waals surface area contributed by atoms with E-state index in [1.165, 1.54) is 5.56 Å². The first-order valence-electron chi connectivity index (χ1n) is 9.19. The summed E-state index contributed by atoms with van der Waals surface area (Å²) >= 11 is 0. The second-order valence-corrected chi connectivity index (χ2v) is 6.73. The summed E-state index contributed by atoms with van der Waals surface area (Å²) in [4.78, 5) is 19.1. The van der Waals surface area contributed by atoms with Crippen LogP contribution in [0.1, 0.15) is 16.8 Å². The number of oxazole rings is 1. The molecule has 2 heterocycles. The van der Waals surface area contributed by atoms with E-state index in [-0.39, 0.29) is 12.3 Å². The van der Waals surface area contributed by atoms with E-state index < -0.39 is 0 Å². The van der Waals surface area contributed by atoms with Gasteiger partial charge in [-0.1, -0.05) is 18.2 Å². The lowest BCUT2D eigenvalue weighted by Gasteiger charge is -2.29. The fourth-order valence-electron chi connectivity index (χ4n) is 3.46. The number of methoxy groups -OCH3 is 2. The molecule has 0 aliphatic carbocycles. The van der Waals surface area contributed by atoms with E-state index in [0.29, 0.717) is 30.4 Å². The molecule has 1 amide bonds. The summed E-state index contributed by atoms with van der Waals surface area (Å²) < 4.78 is 16.3. The van der Waals surface area contributed by atoms with Crippen LogP contribution in [0.4, 0.5) is 0 Å². The highest BCUT2D eigenvalue weighted by molar-refractivity contribution is 5.79. The largest absolute Gasteiger partial charge is 0.493 e. The lowest BCUT2D eigenvalue weighted by atomic mass is 9.98. The van der Waals surface area contributed by atoms with Crippen LogP contribution in [0, 0.1) is 0 Å². The van der Waals surface area contributed by atoms with Crippen LogP contribution >= 0.6 is 0 Å². The van der Waals surface area contributed by atoms with Gasteiger partial charge in [0.2, 0.25) is 11.8 Å². The van der Waals surface area contributed by atoms with Crippen LogP contribution in [-0.2, 0) is 24.2 Å². The SMILES string of the molecule is COc1cc2c(cc1OC)CN(C(=O)Cc1coc(-c3ccccc3)n1)CC2. The molecule has 28 heavy (non-hydrogen) atoms. The van der Waals surface area contributed by atoms with E-state index >= 15 is 0 Å². The topological polar surface area (TPSA) is 64.8 Å². The molecule has 6 heteroatoms.